The molecule has 2 aliphatic heterocycles. The van der Waals surface area contributed by atoms with Gasteiger partial charge in [0, 0.05) is 12.6 Å². The van der Waals surface area contributed by atoms with Crippen LogP contribution in [0.3, 0.4) is 0 Å². The van der Waals surface area contributed by atoms with Gasteiger partial charge in [-0.15, -0.1) is 6.42 Å². The Balaban J connectivity index is 1.80. The fourth-order valence-corrected chi connectivity index (χ4v) is 3.93. The first-order chi connectivity index (χ1) is 13.3. The molecular formula is C20H18FN3O3S. The zero-order valence-electron chi connectivity index (χ0n) is 15.3. The van der Waals surface area contributed by atoms with E-state index in [-0.39, 0.29) is 23.9 Å². The molecule has 1 aromatic carbocycles. The molecule has 2 heterocycles. The van der Waals surface area contributed by atoms with E-state index in [9.17, 15) is 14.0 Å². The minimum absolute atomic E-state index is 0.0339. The predicted octanol–water partition coefficient (Wildman–Crippen LogP) is 2.57. The van der Waals surface area contributed by atoms with Crippen molar-refractivity contribution in [2.45, 2.75) is 31.8 Å². The number of anilines is 2. The number of thiocarbonyl (C=S) groups is 1. The van der Waals surface area contributed by atoms with Gasteiger partial charge in [0.05, 0.1) is 23.6 Å². The van der Waals surface area contributed by atoms with Crippen molar-refractivity contribution in [1.29, 1.82) is 0 Å². The second-order valence-electron chi connectivity index (χ2n) is 6.98. The molecular weight excluding hydrogens is 381 g/mol. The van der Waals surface area contributed by atoms with E-state index in [1.54, 1.807) is 4.90 Å². The van der Waals surface area contributed by atoms with Gasteiger partial charge in [0.25, 0.3) is 0 Å². The number of nitrogens with zero attached hydrogens (tertiary/aromatic N) is 3. The monoisotopic (exact) mass is 399 g/mol. The van der Waals surface area contributed by atoms with E-state index >= 15 is 0 Å². The molecule has 1 saturated carbocycles. The summed E-state index contributed by atoms with van der Waals surface area (Å²) < 4.78 is 20.9. The Morgan fingerprint density at radius 1 is 1.29 bits per heavy atom. The molecule has 2 fully saturated rings. The average Bonchev–Trinajstić information content (AvgIpc) is 3.40. The first-order valence-corrected chi connectivity index (χ1v) is 9.38. The molecule has 0 bridgehead atoms. The van der Waals surface area contributed by atoms with Crippen LogP contribution in [-0.4, -0.2) is 40.5 Å². The Morgan fingerprint density at radius 2 is 2.00 bits per heavy atom. The van der Waals surface area contributed by atoms with Gasteiger partial charge in [0.1, 0.15) is 11.4 Å². The summed E-state index contributed by atoms with van der Waals surface area (Å²) in [4.78, 5) is 28.6. The van der Waals surface area contributed by atoms with E-state index < -0.39 is 23.2 Å². The van der Waals surface area contributed by atoms with Gasteiger partial charge in [-0.2, -0.15) is 0 Å². The number of benzene rings is 1. The third-order valence-corrected chi connectivity index (χ3v) is 5.57. The molecule has 1 aromatic rings. The van der Waals surface area contributed by atoms with E-state index in [4.69, 9.17) is 23.4 Å². The topological polar surface area (TPSA) is 53.1 Å². The highest BCUT2D eigenvalue weighted by Crippen LogP contribution is 2.54. The highest BCUT2D eigenvalue weighted by atomic mass is 32.1. The summed E-state index contributed by atoms with van der Waals surface area (Å²) in [6, 6.07) is 2.65. The lowest BCUT2D eigenvalue weighted by Gasteiger charge is -2.38. The van der Waals surface area contributed by atoms with Crippen LogP contribution in [0.15, 0.2) is 24.4 Å². The zero-order valence-corrected chi connectivity index (χ0v) is 16.1. The minimum Gasteiger partial charge on any atom is -0.479 e. The van der Waals surface area contributed by atoms with Crippen LogP contribution in [0.4, 0.5) is 15.8 Å². The largest absolute Gasteiger partial charge is 0.479 e. The van der Waals surface area contributed by atoms with Crippen LogP contribution in [-0.2, 0) is 9.59 Å². The lowest BCUT2D eigenvalue weighted by Crippen LogP contribution is -2.40. The van der Waals surface area contributed by atoms with E-state index in [0.29, 0.717) is 23.6 Å². The van der Waals surface area contributed by atoms with Gasteiger partial charge in [-0.05, 0) is 37.5 Å². The first-order valence-electron chi connectivity index (χ1n) is 8.97. The van der Waals surface area contributed by atoms with Crippen LogP contribution in [0.2, 0.25) is 0 Å². The van der Waals surface area contributed by atoms with E-state index in [0.717, 1.165) is 17.7 Å². The van der Waals surface area contributed by atoms with Crippen LogP contribution in [0.5, 0.6) is 5.75 Å². The molecule has 4 rings (SSSR count). The normalized spacial score (nSPS) is 19.8. The lowest BCUT2D eigenvalue weighted by molar-refractivity contribution is -0.139. The van der Waals surface area contributed by atoms with Crippen molar-refractivity contribution in [2.24, 2.45) is 0 Å². The number of fused-ring (bicyclic) bond motifs is 1. The van der Waals surface area contributed by atoms with Crippen molar-refractivity contribution in [3.63, 3.8) is 0 Å². The predicted molar refractivity (Wildman–Crippen MR) is 106 cm³/mol. The summed E-state index contributed by atoms with van der Waals surface area (Å²) in [5.41, 5.74) is 0.555. The van der Waals surface area contributed by atoms with Gasteiger partial charge < -0.3 is 9.64 Å². The van der Waals surface area contributed by atoms with Crippen molar-refractivity contribution in [2.75, 3.05) is 22.9 Å². The molecule has 1 spiro atoms. The molecule has 2 amide bonds. The number of hydrogen-bond acceptors (Lipinski definition) is 5. The minimum atomic E-state index is -0.880. The Hall–Kier alpha value is -2.92. The fraction of sp³-hybridized carbons (Fsp3) is 0.350. The van der Waals surface area contributed by atoms with Crippen LogP contribution < -0.4 is 14.5 Å². The summed E-state index contributed by atoms with van der Waals surface area (Å²) >= 11 is 5.28. The fourth-order valence-electron chi connectivity index (χ4n) is 3.57. The van der Waals surface area contributed by atoms with Gasteiger partial charge in [-0.3, -0.25) is 14.5 Å². The maximum Gasteiger partial charge on any atom is 0.323 e. The highest BCUT2D eigenvalue weighted by Gasteiger charge is 2.54. The maximum atomic E-state index is 15.0. The second kappa shape index (κ2) is 6.31. The van der Waals surface area contributed by atoms with Crippen LogP contribution in [0.25, 0.3) is 0 Å². The molecule has 0 aromatic heterocycles. The Morgan fingerprint density at radius 3 is 2.61 bits per heavy atom. The zero-order chi connectivity index (χ0) is 20.2. The van der Waals surface area contributed by atoms with Crippen molar-refractivity contribution >= 4 is 40.5 Å². The van der Waals surface area contributed by atoms with Crippen molar-refractivity contribution in [3.8, 4) is 18.1 Å². The third-order valence-electron chi connectivity index (χ3n) is 5.17. The number of halogens is 1. The molecule has 0 radical (unpaired) electrons. The van der Waals surface area contributed by atoms with Gasteiger partial charge >= 0.3 is 11.8 Å². The van der Waals surface area contributed by atoms with Gasteiger partial charge in [0.2, 0.25) is 0 Å². The summed E-state index contributed by atoms with van der Waals surface area (Å²) in [5.74, 6) is 0.557. The molecule has 6 nitrogen and oxygen atoms in total. The molecule has 1 aliphatic carbocycles. The van der Waals surface area contributed by atoms with E-state index in [2.05, 4.69) is 12.5 Å². The van der Waals surface area contributed by atoms with Gasteiger partial charge in [-0.1, -0.05) is 19.4 Å². The molecule has 3 aliphatic rings. The lowest BCUT2D eigenvalue weighted by atomic mass is 10.1. The third kappa shape index (κ3) is 2.50. The standard InChI is InChI=1S/C20H18FN3O3S/c1-4-8-22-12(3)20(6-7-20)27-16-10-13(21)14(11-15(16)22)24-18(26)17(25)23(9-5-2)19(24)28/h1,10-11H,3,5-9H2,2H3. The van der Waals surface area contributed by atoms with Gasteiger partial charge in [0.15, 0.2) is 10.9 Å². The number of hydrogen-bond donors (Lipinski definition) is 0. The number of carbonyl (C=O) groups is 2. The molecule has 8 heteroatoms. The molecule has 0 N–H and O–H groups in total. The number of rotatable bonds is 4. The summed E-state index contributed by atoms with van der Waals surface area (Å²) in [5, 5.41) is -0.0339. The number of amides is 2. The Kier molecular flexibility index (Phi) is 4.16. The summed E-state index contributed by atoms with van der Waals surface area (Å²) in [6.07, 6.45) is 7.69. The van der Waals surface area contributed by atoms with Crippen molar-refractivity contribution in [3.05, 3.63) is 30.2 Å². The second-order valence-corrected chi connectivity index (χ2v) is 7.35. The Bertz CT molecular complexity index is 980. The molecule has 0 unspecified atom stereocenters. The number of ether oxygens (including phenoxy) is 1. The van der Waals surface area contributed by atoms with Crippen LogP contribution in [0, 0.1) is 18.2 Å². The van der Waals surface area contributed by atoms with Gasteiger partial charge in [-0.25, -0.2) is 9.29 Å². The quantitative estimate of drug-likeness (QED) is 0.443. The highest BCUT2D eigenvalue weighted by molar-refractivity contribution is 7.80. The average molecular weight is 399 g/mol. The smallest absolute Gasteiger partial charge is 0.323 e. The number of carbonyl (C=O) groups excluding carboxylic acids is 2. The molecule has 0 atom stereocenters. The van der Waals surface area contributed by atoms with E-state index in [1.807, 2.05) is 6.92 Å². The van der Waals surface area contributed by atoms with E-state index in [1.165, 1.54) is 17.0 Å². The SMILES string of the molecule is C#CCN1C(=C)C2(CC2)Oc2cc(F)c(N3C(=O)C(=O)N(CCC)C3=S)cc21. The van der Waals surface area contributed by atoms with Crippen LogP contribution >= 0.6 is 12.2 Å². The number of terminal acetylenes is 1. The molecule has 1 saturated heterocycles. The molecule has 144 valence electrons. The van der Waals surface area contributed by atoms with Crippen molar-refractivity contribution < 1.29 is 18.7 Å². The van der Waals surface area contributed by atoms with Crippen molar-refractivity contribution in [1.82, 2.24) is 4.90 Å². The summed E-state index contributed by atoms with van der Waals surface area (Å²) in [6.45, 7) is 6.47. The summed E-state index contributed by atoms with van der Waals surface area (Å²) in [7, 11) is 0. The Labute approximate surface area is 167 Å². The first kappa shape index (κ1) is 18.4. The molecule has 28 heavy (non-hydrogen) atoms. The van der Waals surface area contributed by atoms with Crippen LogP contribution in [0.1, 0.15) is 26.2 Å². The maximum absolute atomic E-state index is 15.0.